The third kappa shape index (κ3) is 3.65. The van der Waals surface area contributed by atoms with Crippen molar-refractivity contribution in [3.05, 3.63) is 0 Å². The van der Waals surface area contributed by atoms with Gasteiger partial charge in [0.25, 0.3) is 0 Å². The Morgan fingerprint density at radius 3 is 2.62 bits per heavy atom. The Balaban J connectivity index is 2.13. The van der Waals surface area contributed by atoms with Crippen molar-refractivity contribution in [1.82, 2.24) is 13.6 Å². The van der Waals surface area contributed by atoms with Gasteiger partial charge in [0, 0.05) is 26.7 Å². The van der Waals surface area contributed by atoms with Gasteiger partial charge in [0.05, 0.1) is 0 Å². The predicted octanol–water partition coefficient (Wildman–Crippen LogP) is 0.872. The Morgan fingerprint density at radius 2 is 2.05 bits per heavy atom. The van der Waals surface area contributed by atoms with Crippen LogP contribution < -0.4 is 11.1 Å². The SMILES string of the molecule is CC(CN1CCCC1)Nc1snc(N)c1S(=O)(=O)N(C)C. The van der Waals surface area contributed by atoms with Crippen molar-refractivity contribution < 1.29 is 8.42 Å². The van der Waals surface area contributed by atoms with Crippen LogP contribution in [0.2, 0.25) is 0 Å². The van der Waals surface area contributed by atoms with E-state index in [9.17, 15) is 8.42 Å². The molecule has 21 heavy (non-hydrogen) atoms. The molecule has 2 heterocycles. The molecule has 3 N–H and O–H groups in total. The zero-order chi connectivity index (χ0) is 15.6. The first kappa shape index (κ1) is 16.5. The van der Waals surface area contributed by atoms with E-state index in [1.54, 1.807) is 0 Å². The number of nitrogens with two attached hydrogens (primary N) is 1. The lowest BCUT2D eigenvalue weighted by atomic mass is 10.3. The number of nitrogens with one attached hydrogen (secondary N) is 1. The van der Waals surface area contributed by atoms with Crippen LogP contribution >= 0.6 is 11.5 Å². The number of hydrogen-bond donors (Lipinski definition) is 2. The highest BCUT2D eigenvalue weighted by molar-refractivity contribution is 7.89. The summed E-state index contributed by atoms with van der Waals surface area (Å²) in [6.45, 7) is 5.15. The highest BCUT2D eigenvalue weighted by atomic mass is 32.2. The molecule has 1 fully saturated rings. The Bertz CT molecular complexity index is 578. The smallest absolute Gasteiger partial charge is 0.249 e. The number of hydrogen-bond acceptors (Lipinski definition) is 7. The molecule has 9 heteroatoms. The minimum atomic E-state index is -3.59. The number of likely N-dealkylation sites (tertiary alicyclic amines) is 1. The lowest BCUT2D eigenvalue weighted by Gasteiger charge is -2.22. The van der Waals surface area contributed by atoms with E-state index < -0.39 is 10.0 Å². The third-order valence-corrected chi connectivity index (χ3v) is 6.33. The Labute approximate surface area is 130 Å². The summed E-state index contributed by atoms with van der Waals surface area (Å²) >= 11 is 1.10. The molecular formula is C12H23N5O2S2. The molecule has 1 aliphatic heterocycles. The van der Waals surface area contributed by atoms with Crippen LogP contribution in [-0.4, -0.2) is 61.8 Å². The van der Waals surface area contributed by atoms with Crippen molar-refractivity contribution in [3.8, 4) is 0 Å². The van der Waals surface area contributed by atoms with Gasteiger partial charge in [-0.1, -0.05) is 0 Å². The second-order valence-electron chi connectivity index (χ2n) is 5.57. The van der Waals surface area contributed by atoms with Gasteiger partial charge in [0.2, 0.25) is 10.0 Å². The minimum absolute atomic E-state index is 0.0598. The standard InChI is InChI=1S/C12H23N5O2S2/c1-9(8-17-6-4-5-7-17)14-12-10(11(13)15-20-12)21(18,19)16(2)3/h9,14H,4-8H2,1-3H3,(H2,13,15). The molecule has 1 aliphatic rings. The van der Waals surface area contributed by atoms with E-state index in [0.717, 1.165) is 35.5 Å². The fraction of sp³-hybridized carbons (Fsp3) is 0.750. The van der Waals surface area contributed by atoms with Crippen LogP contribution in [0.5, 0.6) is 0 Å². The maximum absolute atomic E-state index is 12.3. The molecule has 0 aromatic carbocycles. The molecule has 1 aromatic heterocycles. The lowest BCUT2D eigenvalue weighted by Crippen LogP contribution is -2.33. The first-order chi connectivity index (χ1) is 9.82. The highest BCUT2D eigenvalue weighted by Gasteiger charge is 2.28. The fourth-order valence-electron chi connectivity index (χ4n) is 2.44. The molecular weight excluding hydrogens is 310 g/mol. The Kier molecular flexibility index (Phi) is 5.07. The van der Waals surface area contributed by atoms with Gasteiger partial charge in [-0.3, -0.25) is 0 Å². The van der Waals surface area contributed by atoms with Gasteiger partial charge in [0.1, 0.15) is 5.00 Å². The zero-order valence-corrected chi connectivity index (χ0v) is 14.3. The average molecular weight is 333 g/mol. The summed E-state index contributed by atoms with van der Waals surface area (Å²) in [5, 5.41) is 3.77. The molecule has 0 bridgehead atoms. The maximum Gasteiger partial charge on any atom is 0.249 e. The van der Waals surface area contributed by atoms with Gasteiger partial charge in [-0.2, -0.15) is 4.37 Å². The second-order valence-corrected chi connectivity index (χ2v) is 8.43. The molecule has 0 radical (unpaired) electrons. The average Bonchev–Trinajstić information content (AvgIpc) is 2.99. The topological polar surface area (TPSA) is 91.6 Å². The van der Waals surface area contributed by atoms with E-state index in [2.05, 4.69) is 14.6 Å². The van der Waals surface area contributed by atoms with Crippen molar-refractivity contribution in [3.63, 3.8) is 0 Å². The molecule has 0 amide bonds. The molecule has 120 valence electrons. The summed E-state index contributed by atoms with van der Waals surface area (Å²) in [4.78, 5) is 2.47. The van der Waals surface area contributed by atoms with Gasteiger partial charge in [-0.15, -0.1) is 0 Å². The van der Waals surface area contributed by atoms with E-state index in [0.29, 0.717) is 5.00 Å². The minimum Gasteiger partial charge on any atom is -0.382 e. The Morgan fingerprint density at radius 1 is 1.43 bits per heavy atom. The van der Waals surface area contributed by atoms with E-state index in [-0.39, 0.29) is 16.8 Å². The fourth-order valence-corrected chi connectivity index (χ4v) is 4.62. The third-order valence-electron chi connectivity index (χ3n) is 3.52. The molecule has 1 unspecified atom stereocenters. The summed E-state index contributed by atoms with van der Waals surface area (Å²) in [7, 11) is -0.608. The van der Waals surface area contributed by atoms with Crippen molar-refractivity contribution >= 4 is 32.4 Å². The molecule has 0 spiro atoms. The molecule has 7 nitrogen and oxygen atoms in total. The van der Waals surface area contributed by atoms with E-state index in [1.807, 2.05) is 6.92 Å². The number of anilines is 2. The monoisotopic (exact) mass is 333 g/mol. The summed E-state index contributed by atoms with van der Waals surface area (Å²) in [5.41, 5.74) is 5.75. The number of aromatic nitrogens is 1. The molecule has 1 atom stereocenters. The van der Waals surface area contributed by atoms with Crippen LogP contribution in [-0.2, 0) is 10.0 Å². The van der Waals surface area contributed by atoms with E-state index >= 15 is 0 Å². The number of sulfonamides is 1. The second kappa shape index (κ2) is 6.47. The van der Waals surface area contributed by atoms with E-state index in [1.165, 1.54) is 26.9 Å². The largest absolute Gasteiger partial charge is 0.382 e. The van der Waals surface area contributed by atoms with Crippen molar-refractivity contribution in [1.29, 1.82) is 0 Å². The lowest BCUT2D eigenvalue weighted by molar-refractivity contribution is 0.328. The zero-order valence-electron chi connectivity index (χ0n) is 12.7. The van der Waals surface area contributed by atoms with Gasteiger partial charge in [-0.25, -0.2) is 12.7 Å². The molecule has 1 saturated heterocycles. The van der Waals surface area contributed by atoms with E-state index in [4.69, 9.17) is 5.73 Å². The number of rotatable bonds is 6. The van der Waals surface area contributed by atoms with Gasteiger partial charge in [-0.05, 0) is 44.4 Å². The molecule has 0 aliphatic carbocycles. The van der Waals surface area contributed by atoms with Crippen LogP contribution in [0.3, 0.4) is 0 Å². The van der Waals surface area contributed by atoms with Crippen LogP contribution in [0.25, 0.3) is 0 Å². The van der Waals surface area contributed by atoms with Gasteiger partial charge >= 0.3 is 0 Å². The Hall–Kier alpha value is -0.900. The first-order valence-electron chi connectivity index (χ1n) is 6.99. The van der Waals surface area contributed by atoms with Crippen LogP contribution in [0.4, 0.5) is 10.8 Å². The summed E-state index contributed by atoms with van der Waals surface area (Å²) in [6, 6.07) is 0.138. The van der Waals surface area contributed by atoms with Crippen molar-refractivity contribution in [2.75, 3.05) is 44.8 Å². The van der Waals surface area contributed by atoms with Gasteiger partial charge < -0.3 is 16.0 Å². The quantitative estimate of drug-likeness (QED) is 0.803. The van der Waals surface area contributed by atoms with Crippen LogP contribution in [0.1, 0.15) is 19.8 Å². The molecule has 2 rings (SSSR count). The summed E-state index contributed by atoms with van der Waals surface area (Å²) < 4.78 is 29.8. The first-order valence-corrected chi connectivity index (χ1v) is 9.20. The molecule has 0 saturated carbocycles. The number of nitrogen functional groups attached to an aromatic ring is 1. The highest BCUT2D eigenvalue weighted by Crippen LogP contribution is 2.33. The summed E-state index contributed by atoms with van der Waals surface area (Å²) in [5.74, 6) is 0.0598. The maximum atomic E-state index is 12.3. The molecule has 1 aromatic rings. The number of nitrogens with zero attached hydrogens (tertiary/aromatic N) is 3. The predicted molar refractivity (Wildman–Crippen MR) is 86.2 cm³/mol. The van der Waals surface area contributed by atoms with Crippen molar-refractivity contribution in [2.45, 2.75) is 30.7 Å². The van der Waals surface area contributed by atoms with Crippen molar-refractivity contribution in [2.24, 2.45) is 0 Å². The van der Waals surface area contributed by atoms with Crippen LogP contribution in [0.15, 0.2) is 4.90 Å². The van der Waals surface area contributed by atoms with Crippen LogP contribution in [0, 0.1) is 0 Å². The van der Waals surface area contributed by atoms with Gasteiger partial charge in [0.15, 0.2) is 10.7 Å². The summed E-state index contributed by atoms with van der Waals surface area (Å²) in [6.07, 6.45) is 2.47. The normalized spacial score (nSPS) is 18.3.